The zero-order chi connectivity index (χ0) is 17.7. The Bertz CT molecular complexity index is 596. The van der Waals surface area contributed by atoms with Crippen LogP contribution in [0, 0.1) is 13.8 Å². The highest BCUT2D eigenvalue weighted by Crippen LogP contribution is 2.18. The van der Waals surface area contributed by atoms with Crippen LogP contribution in [0.25, 0.3) is 0 Å². The van der Waals surface area contributed by atoms with Crippen molar-refractivity contribution in [3.05, 3.63) is 29.3 Å². The molecule has 1 aliphatic heterocycles. The number of hydrogen-bond acceptors (Lipinski definition) is 3. The Hall–Kier alpha value is -1.75. The van der Waals surface area contributed by atoms with Crippen LogP contribution in [0.2, 0.25) is 0 Å². The molecule has 1 fully saturated rings. The third-order valence-electron chi connectivity index (χ3n) is 4.20. The molecular weight excluding hydrogens is 328 g/mol. The number of halogens is 1. The summed E-state index contributed by atoms with van der Waals surface area (Å²) < 4.78 is 5.59. The number of hydrogen-bond donors (Lipinski definition) is 1. The molecule has 0 saturated carbocycles. The average Bonchev–Trinajstić information content (AvgIpc) is 2.54. The van der Waals surface area contributed by atoms with Crippen LogP contribution in [0.4, 0.5) is 0 Å². The molecule has 1 unspecified atom stereocenters. The lowest BCUT2D eigenvalue weighted by Crippen LogP contribution is -2.48. The van der Waals surface area contributed by atoms with Gasteiger partial charge in [-0.15, -0.1) is 11.6 Å². The van der Waals surface area contributed by atoms with Crippen molar-refractivity contribution in [2.24, 2.45) is 0 Å². The number of rotatable bonds is 5. The van der Waals surface area contributed by atoms with Crippen LogP contribution in [-0.2, 0) is 9.59 Å². The predicted molar refractivity (Wildman–Crippen MR) is 94.5 cm³/mol. The number of aryl methyl sites for hydroxylation is 2. The van der Waals surface area contributed by atoms with E-state index < -0.39 is 5.38 Å². The fourth-order valence-corrected chi connectivity index (χ4v) is 3.01. The summed E-state index contributed by atoms with van der Waals surface area (Å²) in [6.45, 7) is 6.91. The number of alkyl halides is 1. The van der Waals surface area contributed by atoms with Gasteiger partial charge >= 0.3 is 0 Å². The number of nitrogens with zero attached hydrogens (tertiary/aromatic N) is 1. The number of amides is 2. The summed E-state index contributed by atoms with van der Waals surface area (Å²) in [6.07, 6.45) is 1.48. The summed E-state index contributed by atoms with van der Waals surface area (Å²) in [5.74, 6) is 0.553. The van der Waals surface area contributed by atoms with Crippen LogP contribution < -0.4 is 10.1 Å². The summed E-state index contributed by atoms with van der Waals surface area (Å²) >= 11 is 5.83. The van der Waals surface area contributed by atoms with Crippen LogP contribution in [0.3, 0.4) is 0 Å². The van der Waals surface area contributed by atoms with E-state index in [2.05, 4.69) is 5.32 Å². The van der Waals surface area contributed by atoms with E-state index in [9.17, 15) is 9.59 Å². The van der Waals surface area contributed by atoms with Crippen molar-refractivity contribution in [2.45, 2.75) is 45.0 Å². The number of benzene rings is 1. The third-order valence-corrected chi connectivity index (χ3v) is 4.39. The first kappa shape index (κ1) is 18.6. The van der Waals surface area contributed by atoms with Gasteiger partial charge in [-0.1, -0.05) is 17.7 Å². The highest BCUT2D eigenvalue weighted by molar-refractivity contribution is 6.30. The lowest BCUT2D eigenvalue weighted by atomic mass is 10.0. The fourth-order valence-electron chi connectivity index (χ4n) is 2.87. The summed E-state index contributed by atoms with van der Waals surface area (Å²) in [5, 5.41) is 2.48. The molecule has 132 valence electrons. The van der Waals surface area contributed by atoms with Crippen LogP contribution in [0.1, 0.15) is 30.9 Å². The summed E-state index contributed by atoms with van der Waals surface area (Å²) in [7, 11) is 0. The summed E-state index contributed by atoms with van der Waals surface area (Å²) in [5.41, 5.74) is 2.18. The van der Waals surface area contributed by atoms with E-state index in [1.807, 2.05) is 32.0 Å². The highest BCUT2D eigenvalue weighted by atomic mass is 35.5. The number of piperidine rings is 1. The second-order valence-corrected chi connectivity index (χ2v) is 7.00. The van der Waals surface area contributed by atoms with Gasteiger partial charge < -0.3 is 15.0 Å². The Morgan fingerprint density at radius 2 is 2.00 bits per heavy atom. The maximum absolute atomic E-state index is 12.0. The lowest BCUT2D eigenvalue weighted by Gasteiger charge is -2.33. The van der Waals surface area contributed by atoms with Gasteiger partial charge in [0.1, 0.15) is 11.1 Å². The van der Waals surface area contributed by atoms with Crippen molar-refractivity contribution < 1.29 is 14.3 Å². The van der Waals surface area contributed by atoms with Crippen molar-refractivity contribution in [3.8, 4) is 5.75 Å². The van der Waals surface area contributed by atoms with Gasteiger partial charge in [-0.25, -0.2) is 0 Å². The van der Waals surface area contributed by atoms with Gasteiger partial charge in [0.05, 0.1) is 0 Å². The Balaban J connectivity index is 1.75. The van der Waals surface area contributed by atoms with Crippen LogP contribution in [0.5, 0.6) is 5.75 Å². The molecule has 0 aromatic heterocycles. The van der Waals surface area contributed by atoms with Crippen molar-refractivity contribution in [2.75, 3.05) is 19.7 Å². The molecule has 0 radical (unpaired) electrons. The average molecular weight is 353 g/mol. The van der Waals surface area contributed by atoms with Gasteiger partial charge in [0, 0.05) is 19.1 Å². The number of carbonyl (C=O) groups is 2. The minimum atomic E-state index is -0.498. The van der Waals surface area contributed by atoms with E-state index >= 15 is 0 Å². The molecule has 1 atom stereocenters. The fraction of sp³-hybridized carbons (Fsp3) is 0.556. The number of ether oxygens (including phenoxy) is 1. The standard InChI is InChI=1S/C18H25ClN2O3/c1-12-4-5-16(13(2)10-12)24-11-17(22)20-15-6-8-21(9-7-15)18(23)14(3)19/h4-5,10,14-15H,6-9,11H2,1-3H3,(H,20,22). The van der Waals surface area contributed by atoms with Gasteiger partial charge in [0.25, 0.3) is 5.91 Å². The minimum Gasteiger partial charge on any atom is -0.484 e. The summed E-state index contributed by atoms with van der Waals surface area (Å²) in [4.78, 5) is 25.6. The minimum absolute atomic E-state index is 0.00175. The largest absolute Gasteiger partial charge is 0.484 e. The molecule has 24 heavy (non-hydrogen) atoms. The smallest absolute Gasteiger partial charge is 0.258 e. The van der Waals surface area contributed by atoms with E-state index in [-0.39, 0.29) is 24.5 Å². The Morgan fingerprint density at radius 1 is 1.33 bits per heavy atom. The molecule has 6 heteroatoms. The van der Waals surface area contributed by atoms with Crippen LogP contribution in [0.15, 0.2) is 18.2 Å². The first-order valence-corrected chi connectivity index (χ1v) is 8.72. The van der Waals surface area contributed by atoms with E-state index in [1.54, 1.807) is 11.8 Å². The Kier molecular flexibility index (Phi) is 6.49. The number of nitrogens with one attached hydrogen (secondary N) is 1. The number of likely N-dealkylation sites (tertiary alicyclic amines) is 1. The molecule has 1 saturated heterocycles. The van der Waals surface area contributed by atoms with E-state index in [0.717, 1.165) is 29.7 Å². The second-order valence-electron chi connectivity index (χ2n) is 6.34. The summed E-state index contributed by atoms with van der Waals surface area (Å²) in [6, 6.07) is 5.95. The van der Waals surface area contributed by atoms with Gasteiger partial charge in [0.15, 0.2) is 6.61 Å². The highest BCUT2D eigenvalue weighted by Gasteiger charge is 2.25. The van der Waals surface area contributed by atoms with Crippen molar-refractivity contribution in [3.63, 3.8) is 0 Å². The van der Waals surface area contributed by atoms with E-state index in [4.69, 9.17) is 16.3 Å². The molecule has 1 aromatic carbocycles. The monoisotopic (exact) mass is 352 g/mol. The predicted octanol–water partition coefficient (Wildman–Crippen LogP) is 2.42. The normalized spacial score (nSPS) is 16.6. The zero-order valence-corrected chi connectivity index (χ0v) is 15.2. The molecule has 2 amide bonds. The molecule has 1 N–H and O–H groups in total. The molecule has 0 aliphatic carbocycles. The van der Waals surface area contributed by atoms with Gasteiger partial charge in [-0.2, -0.15) is 0 Å². The first-order valence-electron chi connectivity index (χ1n) is 8.29. The quantitative estimate of drug-likeness (QED) is 0.828. The molecule has 1 aromatic rings. The van der Waals surface area contributed by atoms with Crippen molar-refractivity contribution >= 4 is 23.4 Å². The van der Waals surface area contributed by atoms with Crippen molar-refractivity contribution in [1.29, 1.82) is 0 Å². The topological polar surface area (TPSA) is 58.6 Å². The Labute approximate surface area is 148 Å². The SMILES string of the molecule is Cc1ccc(OCC(=O)NC2CCN(C(=O)C(C)Cl)CC2)c(C)c1. The first-order chi connectivity index (χ1) is 11.4. The molecular formula is C18H25ClN2O3. The lowest BCUT2D eigenvalue weighted by molar-refractivity contribution is -0.131. The zero-order valence-electron chi connectivity index (χ0n) is 14.5. The molecule has 1 aliphatic rings. The van der Waals surface area contributed by atoms with Gasteiger partial charge in [-0.3, -0.25) is 9.59 Å². The number of carbonyl (C=O) groups excluding carboxylic acids is 2. The second kappa shape index (κ2) is 8.38. The maximum Gasteiger partial charge on any atom is 0.258 e. The van der Waals surface area contributed by atoms with Gasteiger partial charge in [-0.05, 0) is 45.2 Å². The maximum atomic E-state index is 12.0. The van der Waals surface area contributed by atoms with Gasteiger partial charge in [0.2, 0.25) is 5.91 Å². The molecule has 1 heterocycles. The van der Waals surface area contributed by atoms with Crippen molar-refractivity contribution in [1.82, 2.24) is 10.2 Å². The molecule has 0 spiro atoms. The Morgan fingerprint density at radius 3 is 2.58 bits per heavy atom. The molecule has 5 nitrogen and oxygen atoms in total. The third kappa shape index (κ3) is 5.13. The van der Waals surface area contributed by atoms with Crippen LogP contribution in [-0.4, -0.2) is 47.8 Å². The van der Waals surface area contributed by atoms with E-state index in [1.165, 1.54) is 0 Å². The van der Waals surface area contributed by atoms with Crippen LogP contribution >= 0.6 is 11.6 Å². The molecule has 2 rings (SSSR count). The molecule has 0 bridgehead atoms. The van der Waals surface area contributed by atoms with E-state index in [0.29, 0.717) is 13.1 Å².